The fourth-order valence-corrected chi connectivity index (χ4v) is 2.00. The van der Waals surface area contributed by atoms with Crippen LogP contribution in [0.25, 0.3) is 0 Å². The van der Waals surface area contributed by atoms with E-state index in [1.165, 1.54) is 11.1 Å². The third-order valence-corrected chi connectivity index (χ3v) is 2.77. The number of benzene rings is 1. The van der Waals surface area contributed by atoms with Gasteiger partial charge in [0.15, 0.2) is 0 Å². The molecule has 0 aromatic heterocycles. The van der Waals surface area contributed by atoms with E-state index in [1.54, 1.807) is 0 Å². The zero-order valence-electron chi connectivity index (χ0n) is 8.22. The van der Waals surface area contributed by atoms with E-state index in [-0.39, 0.29) is 5.54 Å². The Morgan fingerprint density at radius 2 is 2.15 bits per heavy atom. The highest BCUT2D eigenvalue weighted by molar-refractivity contribution is 5.48. The summed E-state index contributed by atoms with van der Waals surface area (Å²) in [6, 6.07) is 6.22. The summed E-state index contributed by atoms with van der Waals surface area (Å²) in [4.78, 5) is 0. The molecule has 1 heterocycles. The molecule has 0 atom stereocenters. The molecule has 0 bridgehead atoms. The molecule has 1 aliphatic rings. The fourth-order valence-electron chi connectivity index (χ4n) is 2.00. The number of rotatable bonds is 0. The summed E-state index contributed by atoms with van der Waals surface area (Å²) in [5.41, 5.74) is 9.48. The summed E-state index contributed by atoms with van der Waals surface area (Å²) in [6.07, 6.45) is 1.11. The number of nitrogens with one attached hydrogen (secondary N) is 1. The van der Waals surface area contributed by atoms with Crippen molar-refractivity contribution in [1.82, 2.24) is 5.32 Å². The van der Waals surface area contributed by atoms with Crippen LogP contribution in [0.2, 0.25) is 0 Å². The van der Waals surface area contributed by atoms with E-state index in [0.29, 0.717) is 0 Å². The first-order valence-electron chi connectivity index (χ1n) is 4.73. The predicted octanol–water partition coefficient (Wildman–Crippen LogP) is 1.65. The van der Waals surface area contributed by atoms with Gasteiger partial charge in [0, 0.05) is 11.2 Å². The Morgan fingerprint density at radius 3 is 2.92 bits per heavy atom. The first kappa shape index (κ1) is 8.57. The molecule has 0 saturated heterocycles. The second kappa shape index (κ2) is 2.74. The second-order valence-electron chi connectivity index (χ2n) is 4.22. The lowest BCUT2D eigenvalue weighted by Gasteiger charge is -2.34. The van der Waals surface area contributed by atoms with E-state index in [2.05, 4.69) is 31.3 Å². The van der Waals surface area contributed by atoms with Gasteiger partial charge in [-0.15, -0.1) is 0 Å². The number of fused-ring (bicyclic) bond motifs is 1. The molecule has 70 valence electrons. The largest absolute Gasteiger partial charge is 0.399 e. The van der Waals surface area contributed by atoms with Crippen LogP contribution in [0.1, 0.15) is 25.0 Å². The summed E-state index contributed by atoms with van der Waals surface area (Å²) in [6.45, 7) is 5.46. The van der Waals surface area contributed by atoms with Gasteiger partial charge in [0.2, 0.25) is 0 Å². The summed E-state index contributed by atoms with van der Waals surface area (Å²) in [5, 5.41) is 3.49. The first-order valence-corrected chi connectivity index (χ1v) is 4.73. The van der Waals surface area contributed by atoms with Crippen LogP contribution in [0.3, 0.4) is 0 Å². The van der Waals surface area contributed by atoms with E-state index < -0.39 is 0 Å². The first-order chi connectivity index (χ1) is 6.09. The maximum absolute atomic E-state index is 5.78. The average molecular weight is 176 g/mol. The Balaban J connectivity index is 2.55. The molecule has 0 amide bonds. The Labute approximate surface area is 79.1 Å². The monoisotopic (exact) mass is 176 g/mol. The molecule has 13 heavy (non-hydrogen) atoms. The van der Waals surface area contributed by atoms with Crippen LogP contribution in [0.5, 0.6) is 0 Å². The lowest BCUT2D eigenvalue weighted by molar-refractivity contribution is 0.382. The molecule has 0 spiro atoms. The molecule has 0 saturated carbocycles. The van der Waals surface area contributed by atoms with E-state index in [1.807, 2.05) is 6.07 Å². The summed E-state index contributed by atoms with van der Waals surface area (Å²) in [7, 11) is 0. The third kappa shape index (κ3) is 1.42. The van der Waals surface area contributed by atoms with Gasteiger partial charge >= 0.3 is 0 Å². The topological polar surface area (TPSA) is 38.0 Å². The minimum Gasteiger partial charge on any atom is -0.399 e. The molecule has 2 heteroatoms. The van der Waals surface area contributed by atoms with Crippen LogP contribution >= 0.6 is 0 Å². The Hall–Kier alpha value is -1.02. The second-order valence-corrected chi connectivity index (χ2v) is 4.22. The Bertz CT molecular complexity index is 329. The van der Waals surface area contributed by atoms with Gasteiger partial charge in [0.1, 0.15) is 0 Å². The standard InChI is InChI=1S/C11H16N2/c1-11(2)10-7-9(12)4-3-8(10)5-6-13-11/h3-4,7,13H,5-6,12H2,1-2H3. The van der Waals surface area contributed by atoms with Gasteiger partial charge in [0.25, 0.3) is 0 Å². The van der Waals surface area contributed by atoms with Gasteiger partial charge in [-0.05, 0) is 50.1 Å². The van der Waals surface area contributed by atoms with Crippen molar-refractivity contribution in [3.05, 3.63) is 29.3 Å². The lowest BCUT2D eigenvalue weighted by Crippen LogP contribution is -2.42. The molecule has 1 aromatic rings. The van der Waals surface area contributed by atoms with Gasteiger partial charge in [-0.1, -0.05) is 6.07 Å². The van der Waals surface area contributed by atoms with E-state index in [9.17, 15) is 0 Å². The normalized spacial score (nSPS) is 19.5. The van der Waals surface area contributed by atoms with Crippen LogP contribution < -0.4 is 11.1 Å². The van der Waals surface area contributed by atoms with Crippen molar-refractivity contribution in [3.63, 3.8) is 0 Å². The van der Waals surface area contributed by atoms with Crippen LogP contribution in [0.4, 0.5) is 5.69 Å². The smallest absolute Gasteiger partial charge is 0.0381 e. The molecule has 2 nitrogen and oxygen atoms in total. The van der Waals surface area contributed by atoms with E-state index >= 15 is 0 Å². The quantitative estimate of drug-likeness (QED) is 0.590. The maximum atomic E-state index is 5.78. The molecule has 0 aliphatic carbocycles. The number of hydrogen-bond donors (Lipinski definition) is 2. The minimum atomic E-state index is 0.0724. The number of anilines is 1. The van der Waals surface area contributed by atoms with Gasteiger partial charge in [-0.3, -0.25) is 0 Å². The van der Waals surface area contributed by atoms with E-state index in [0.717, 1.165) is 18.7 Å². The molecule has 0 unspecified atom stereocenters. The predicted molar refractivity (Wildman–Crippen MR) is 55.6 cm³/mol. The minimum absolute atomic E-state index is 0.0724. The van der Waals surface area contributed by atoms with Gasteiger partial charge in [-0.2, -0.15) is 0 Å². The summed E-state index contributed by atoms with van der Waals surface area (Å²) < 4.78 is 0. The van der Waals surface area contributed by atoms with Crippen molar-refractivity contribution in [2.45, 2.75) is 25.8 Å². The fraction of sp³-hybridized carbons (Fsp3) is 0.455. The van der Waals surface area contributed by atoms with Crippen molar-refractivity contribution in [1.29, 1.82) is 0 Å². The third-order valence-electron chi connectivity index (χ3n) is 2.77. The van der Waals surface area contributed by atoms with Crippen LogP contribution in [0.15, 0.2) is 18.2 Å². The van der Waals surface area contributed by atoms with Crippen LogP contribution in [-0.2, 0) is 12.0 Å². The zero-order chi connectivity index (χ0) is 9.47. The van der Waals surface area contributed by atoms with Gasteiger partial charge in [0.05, 0.1) is 0 Å². The van der Waals surface area contributed by atoms with Crippen LogP contribution in [-0.4, -0.2) is 6.54 Å². The molecule has 0 fully saturated rings. The highest BCUT2D eigenvalue weighted by Crippen LogP contribution is 2.29. The maximum Gasteiger partial charge on any atom is 0.0381 e. The summed E-state index contributed by atoms with van der Waals surface area (Å²) in [5.74, 6) is 0. The Morgan fingerprint density at radius 1 is 1.38 bits per heavy atom. The molecule has 0 radical (unpaired) electrons. The Kier molecular flexibility index (Phi) is 1.81. The highest BCUT2D eigenvalue weighted by Gasteiger charge is 2.26. The number of hydrogen-bond acceptors (Lipinski definition) is 2. The number of nitrogens with two attached hydrogens (primary N) is 1. The molecular formula is C11H16N2. The zero-order valence-corrected chi connectivity index (χ0v) is 8.22. The van der Waals surface area contributed by atoms with Gasteiger partial charge in [-0.25, -0.2) is 0 Å². The molecular weight excluding hydrogens is 160 g/mol. The lowest BCUT2D eigenvalue weighted by atomic mass is 9.85. The van der Waals surface area contributed by atoms with Crippen molar-refractivity contribution in [3.8, 4) is 0 Å². The SMILES string of the molecule is CC1(C)NCCc2ccc(N)cc21. The highest BCUT2D eigenvalue weighted by atomic mass is 15.0. The average Bonchev–Trinajstić information content (AvgIpc) is 2.06. The van der Waals surface area contributed by atoms with Crippen molar-refractivity contribution < 1.29 is 0 Å². The van der Waals surface area contributed by atoms with Crippen molar-refractivity contribution >= 4 is 5.69 Å². The van der Waals surface area contributed by atoms with Crippen molar-refractivity contribution in [2.75, 3.05) is 12.3 Å². The molecule has 2 rings (SSSR count). The molecule has 1 aromatic carbocycles. The van der Waals surface area contributed by atoms with Crippen LogP contribution in [0, 0.1) is 0 Å². The summed E-state index contributed by atoms with van der Waals surface area (Å²) >= 11 is 0. The molecule has 1 aliphatic heterocycles. The van der Waals surface area contributed by atoms with E-state index in [4.69, 9.17) is 5.73 Å². The number of nitrogen functional groups attached to an aromatic ring is 1. The van der Waals surface area contributed by atoms with Crippen molar-refractivity contribution in [2.24, 2.45) is 0 Å². The van der Waals surface area contributed by atoms with Gasteiger partial charge < -0.3 is 11.1 Å². The molecule has 3 N–H and O–H groups in total.